The molecule has 1 N–H and O–H groups in total. The number of carbonyl (C=O) groups is 2. The van der Waals surface area contributed by atoms with Crippen LogP contribution in [0.15, 0.2) is 12.2 Å². The molecule has 1 aliphatic heterocycles. The number of aromatic nitrogens is 2. The van der Waals surface area contributed by atoms with Gasteiger partial charge in [0.1, 0.15) is 18.3 Å². The normalized spacial score (nSPS) is 16.1. The largest absolute Gasteiger partial charge is 0.470 e. The molecular formula is C21H34N4O6S. The smallest absolute Gasteiger partial charge is 0.331 e. The van der Waals surface area contributed by atoms with Crippen LogP contribution in [0.2, 0.25) is 0 Å². The molecule has 11 heteroatoms. The van der Waals surface area contributed by atoms with Crippen molar-refractivity contribution in [1.29, 1.82) is 0 Å². The number of morpholine rings is 1. The molecule has 0 amide bonds. The Morgan fingerprint density at radius 1 is 1.12 bits per heavy atom. The number of nitrogens with zero attached hydrogens (tertiary/aromatic N) is 3. The average molecular weight is 471 g/mol. The SMILES string of the molecule is CC(C)(C)NC[C@@H](COc1nsnc1N1CCOCC1)OC(=O)/C=C/C(=O)OC(C)(C)C. The first-order valence-corrected chi connectivity index (χ1v) is 11.3. The monoisotopic (exact) mass is 470 g/mol. The van der Waals surface area contributed by atoms with Gasteiger partial charge in [0, 0.05) is 37.3 Å². The minimum absolute atomic E-state index is 0.0812. The highest BCUT2D eigenvalue weighted by Gasteiger charge is 2.23. The molecule has 0 bridgehead atoms. The predicted octanol–water partition coefficient (Wildman–Crippen LogP) is 1.95. The van der Waals surface area contributed by atoms with E-state index in [9.17, 15) is 9.59 Å². The zero-order chi connectivity index (χ0) is 23.8. The van der Waals surface area contributed by atoms with E-state index in [4.69, 9.17) is 18.9 Å². The minimum Gasteiger partial charge on any atom is -0.470 e. The van der Waals surface area contributed by atoms with Crippen molar-refractivity contribution >= 4 is 29.5 Å². The van der Waals surface area contributed by atoms with Crippen LogP contribution in [0.3, 0.4) is 0 Å². The molecule has 1 aromatic heterocycles. The Labute approximate surface area is 193 Å². The van der Waals surface area contributed by atoms with E-state index in [2.05, 4.69) is 19.0 Å². The molecule has 1 aromatic rings. The van der Waals surface area contributed by atoms with Gasteiger partial charge in [-0.3, -0.25) is 0 Å². The van der Waals surface area contributed by atoms with Crippen molar-refractivity contribution in [2.75, 3.05) is 44.4 Å². The lowest BCUT2D eigenvalue weighted by Crippen LogP contribution is -2.44. The Hall–Kier alpha value is -2.24. The zero-order valence-corrected chi connectivity index (χ0v) is 20.5. The Morgan fingerprint density at radius 2 is 1.78 bits per heavy atom. The number of rotatable bonds is 9. The highest BCUT2D eigenvalue weighted by Crippen LogP contribution is 2.26. The van der Waals surface area contributed by atoms with Crippen LogP contribution in [-0.4, -0.2) is 77.4 Å². The highest BCUT2D eigenvalue weighted by molar-refractivity contribution is 6.99. The van der Waals surface area contributed by atoms with Gasteiger partial charge in [0.05, 0.1) is 24.9 Å². The second kappa shape index (κ2) is 11.6. The first-order chi connectivity index (χ1) is 14.9. The molecule has 2 heterocycles. The molecule has 1 atom stereocenters. The third-order valence-electron chi connectivity index (χ3n) is 4.06. The van der Waals surface area contributed by atoms with Gasteiger partial charge in [-0.15, -0.1) is 4.37 Å². The van der Waals surface area contributed by atoms with E-state index in [1.54, 1.807) is 20.8 Å². The predicted molar refractivity (Wildman–Crippen MR) is 121 cm³/mol. The quantitative estimate of drug-likeness (QED) is 0.424. The molecule has 0 spiro atoms. The minimum atomic E-state index is -0.662. The third kappa shape index (κ3) is 9.92. The molecule has 2 rings (SSSR count). The van der Waals surface area contributed by atoms with Crippen molar-refractivity contribution < 1.29 is 28.5 Å². The van der Waals surface area contributed by atoms with Crippen molar-refractivity contribution in [1.82, 2.24) is 14.1 Å². The highest BCUT2D eigenvalue weighted by atomic mass is 32.1. The van der Waals surface area contributed by atoms with Crippen LogP contribution in [0.1, 0.15) is 41.5 Å². The van der Waals surface area contributed by atoms with Crippen LogP contribution in [0.25, 0.3) is 0 Å². The van der Waals surface area contributed by atoms with Gasteiger partial charge in [0.15, 0.2) is 0 Å². The summed E-state index contributed by atoms with van der Waals surface area (Å²) in [5.41, 5.74) is -0.823. The van der Waals surface area contributed by atoms with Crippen LogP contribution in [0.5, 0.6) is 5.88 Å². The van der Waals surface area contributed by atoms with Crippen LogP contribution in [0.4, 0.5) is 5.82 Å². The lowest BCUT2D eigenvalue weighted by atomic mass is 10.1. The lowest BCUT2D eigenvalue weighted by Gasteiger charge is -2.27. The van der Waals surface area contributed by atoms with E-state index in [1.165, 1.54) is 0 Å². The molecule has 32 heavy (non-hydrogen) atoms. The maximum Gasteiger partial charge on any atom is 0.331 e. The van der Waals surface area contributed by atoms with Gasteiger partial charge in [-0.05, 0) is 41.5 Å². The van der Waals surface area contributed by atoms with Crippen molar-refractivity contribution in [2.45, 2.75) is 58.8 Å². The average Bonchev–Trinajstić information content (AvgIpc) is 3.16. The summed E-state index contributed by atoms with van der Waals surface area (Å²) in [5, 5.41) is 3.30. The summed E-state index contributed by atoms with van der Waals surface area (Å²) in [6.07, 6.45) is 1.51. The molecule has 0 radical (unpaired) electrons. The summed E-state index contributed by atoms with van der Waals surface area (Å²) < 4.78 is 30.5. The number of carbonyl (C=O) groups excluding carboxylic acids is 2. The van der Waals surface area contributed by atoms with E-state index in [0.29, 0.717) is 44.5 Å². The summed E-state index contributed by atoms with van der Waals surface area (Å²) in [6.45, 7) is 14.4. The van der Waals surface area contributed by atoms with Crippen LogP contribution in [-0.2, 0) is 23.8 Å². The van der Waals surface area contributed by atoms with E-state index >= 15 is 0 Å². The standard InChI is InChI=1S/C21H34N4O6S/c1-20(2,3)22-13-15(30-16(26)7-8-17(27)31-21(4,5)6)14-29-19-18(23-32-24-19)25-9-11-28-12-10-25/h7-8,15,22H,9-14H2,1-6H3/b8-7+/t15-/m0/s1. The van der Waals surface area contributed by atoms with Crippen molar-refractivity contribution in [3.63, 3.8) is 0 Å². The van der Waals surface area contributed by atoms with E-state index in [0.717, 1.165) is 23.9 Å². The Morgan fingerprint density at radius 3 is 2.41 bits per heavy atom. The number of esters is 2. The van der Waals surface area contributed by atoms with Crippen molar-refractivity contribution in [3.8, 4) is 5.88 Å². The second-order valence-corrected chi connectivity index (χ2v) is 9.89. The summed E-state index contributed by atoms with van der Waals surface area (Å²) in [6, 6.07) is 0. The van der Waals surface area contributed by atoms with Gasteiger partial charge < -0.3 is 29.2 Å². The summed E-state index contributed by atoms with van der Waals surface area (Å²) in [5.74, 6) is -0.210. The van der Waals surface area contributed by atoms with Gasteiger partial charge in [-0.1, -0.05) is 0 Å². The number of hydrogen-bond acceptors (Lipinski definition) is 11. The third-order valence-corrected chi connectivity index (χ3v) is 4.57. The molecule has 0 unspecified atom stereocenters. The summed E-state index contributed by atoms with van der Waals surface area (Å²) in [7, 11) is 0. The molecule has 1 fully saturated rings. The van der Waals surface area contributed by atoms with Gasteiger partial charge in [0.2, 0.25) is 5.82 Å². The van der Waals surface area contributed by atoms with E-state index in [-0.39, 0.29) is 12.1 Å². The maximum absolute atomic E-state index is 12.3. The fraction of sp³-hybridized carbons (Fsp3) is 0.714. The lowest BCUT2D eigenvalue weighted by molar-refractivity contribution is -0.150. The van der Waals surface area contributed by atoms with Gasteiger partial charge in [-0.25, -0.2) is 9.59 Å². The molecule has 10 nitrogen and oxygen atoms in total. The first kappa shape index (κ1) is 26.0. The summed E-state index contributed by atoms with van der Waals surface area (Å²) in [4.78, 5) is 26.1. The Bertz CT molecular complexity index is 778. The number of anilines is 1. The topological polar surface area (TPSA) is 112 Å². The maximum atomic E-state index is 12.3. The van der Waals surface area contributed by atoms with Crippen LogP contribution >= 0.6 is 11.7 Å². The molecule has 0 aromatic carbocycles. The molecule has 0 aliphatic carbocycles. The fourth-order valence-electron chi connectivity index (χ4n) is 2.64. The zero-order valence-electron chi connectivity index (χ0n) is 19.7. The van der Waals surface area contributed by atoms with Crippen molar-refractivity contribution in [3.05, 3.63) is 12.2 Å². The fourth-order valence-corrected chi connectivity index (χ4v) is 3.16. The molecule has 1 saturated heterocycles. The van der Waals surface area contributed by atoms with Gasteiger partial charge in [0.25, 0.3) is 5.88 Å². The number of nitrogens with one attached hydrogen (secondary N) is 1. The Kier molecular flexibility index (Phi) is 9.41. The number of ether oxygens (including phenoxy) is 4. The molecule has 1 aliphatic rings. The van der Waals surface area contributed by atoms with Gasteiger partial charge >= 0.3 is 11.9 Å². The number of hydrogen-bond donors (Lipinski definition) is 1. The molecule has 0 saturated carbocycles. The van der Waals surface area contributed by atoms with E-state index in [1.807, 2.05) is 20.8 Å². The van der Waals surface area contributed by atoms with Crippen molar-refractivity contribution in [2.24, 2.45) is 0 Å². The van der Waals surface area contributed by atoms with Crippen LogP contribution < -0.4 is 15.0 Å². The second-order valence-electron chi connectivity index (χ2n) is 9.36. The molecular weight excluding hydrogens is 436 g/mol. The summed E-state index contributed by atoms with van der Waals surface area (Å²) >= 11 is 1.07. The first-order valence-electron chi connectivity index (χ1n) is 10.6. The molecule has 180 valence electrons. The Balaban J connectivity index is 1.97. The van der Waals surface area contributed by atoms with Crippen LogP contribution in [0, 0.1) is 0 Å². The van der Waals surface area contributed by atoms with Gasteiger partial charge in [-0.2, -0.15) is 4.37 Å². The van der Waals surface area contributed by atoms with E-state index < -0.39 is 23.6 Å².